The lowest BCUT2D eigenvalue weighted by Gasteiger charge is -2.13. The van der Waals surface area contributed by atoms with Crippen LogP contribution in [0.15, 0.2) is 54.6 Å². The van der Waals surface area contributed by atoms with E-state index in [0.717, 1.165) is 16.5 Å². The molecule has 3 nitrogen and oxygen atoms in total. The van der Waals surface area contributed by atoms with Crippen molar-refractivity contribution in [2.24, 2.45) is 0 Å². The Kier molecular flexibility index (Phi) is 3.05. The molecule has 4 rings (SSSR count). The number of benzene rings is 4. The average Bonchev–Trinajstić information content (AvgIpc) is 2.51. The fraction of sp³-hybridized carbons (Fsp3) is 0.0526. The van der Waals surface area contributed by atoms with Crippen LogP contribution in [0, 0.1) is 0 Å². The number of hydrogen-bond donors (Lipinski definition) is 1. The topological polar surface area (TPSA) is 46.2 Å². The van der Waals surface area contributed by atoms with Gasteiger partial charge in [0.1, 0.15) is 0 Å². The number of hydrogen-bond acceptors (Lipinski definition) is 2. The molecule has 0 radical (unpaired) electrons. The molecule has 0 atom stereocenters. The van der Waals surface area contributed by atoms with Gasteiger partial charge < -0.3 is 10.1 Å². The Balaban J connectivity index is 1.90. The zero-order valence-corrected chi connectivity index (χ0v) is 12.7. The second-order valence-corrected chi connectivity index (χ2v) is 5.93. The Morgan fingerprint density at radius 1 is 0.826 bits per heavy atom. The number of carbonyl (C=O) groups excluding carboxylic acids is 2. The first-order valence-electron chi connectivity index (χ1n) is 7.59. The van der Waals surface area contributed by atoms with Gasteiger partial charge in [0, 0.05) is 5.69 Å². The first kappa shape index (κ1) is 13.8. The van der Waals surface area contributed by atoms with Crippen molar-refractivity contribution < 1.29 is 9.59 Å². The summed E-state index contributed by atoms with van der Waals surface area (Å²) in [6.45, 7) is 0. The lowest BCUT2D eigenvalue weighted by atomic mass is 9.94. The molecule has 0 aliphatic rings. The maximum atomic E-state index is 11.8. The Hall–Kier alpha value is -2.88. The summed E-state index contributed by atoms with van der Waals surface area (Å²) < 4.78 is 0. The van der Waals surface area contributed by atoms with Crippen LogP contribution in [-0.4, -0.2) is 19.4 Å². The van der Waals surface area contributed by atoms with Crippen molar-refractivity contribution in [1.29, 1.82) is 0 Å². The largest absolute Gasteiger partial charge is 0.326 e. The van der Waals surface area contributed by atoms with Crippen LogP contribution in [0.25, 0.3) is 32.3 Å². The summed E-state index contributed by atoms with van der Waals surface area (Å²) in [5.41, 5.74) is 0.585. The third-order valence-electron chi connectivity index (χ3n) is 4.16. The third-order valence-corrected chi connectivity index (χ3v) is 4.16. The predicted octanol–water partition coefficient (Wildman–Crippen LogP) is 3.07. The molecule has 1 N–H and O–H groups in total. The normalized spacial score (nSPS) is 11.3. The Labute approximate surface area is 134 Å². The number of anilines is 1. The molecule has 1 amide bonds. The van der Waals surface area contributed by atoms with Gasteiger partial charge in [-0.2, -0.15) is 0 Å². The van der Waals surface area contributed by atoms with E-state index in [9.17, 15) is 9.59 Å². The van der Waals surface area contributed by atoms with Crippen LogP contribution in [-0.2, 0) is 9.59 Å². The second-order valence-electron chi connectivity index (χ2n) is 5.93. The Bertz CT molecular complexity index is 1010. The lowest BCUT2D eigenvalue weighted by Crippen LogP contribution is -2.16. The Morgan fingerprint density at radius 3 is 1.91 bits per heavy atom. The Morgan fingerprint density at radius 2 is 1.35 bits per heavy atom. The molecular weight excluding hydrogens is 285 g/mol. The van der Waals surface area contributed by atoms with E-state index in [-0.39, 0.29) is 18.0 Å². The molecule has 0 spiro atoms. The van der Waals surface area contributed by atoms with Crippen molar-refractivity contribution in [3.05, 3.63) is 54.6 Å². The first-order valence-corrected chi connectivity index (χ1v) is 7.59. The first-order chi connectivity index (χ1) is 11.1. The third kappa shape index (κ3) is 2.32. The van der Waals surface area contributed by atoms with Crippen molar-refractivity contribution in [1.82, 2.24) is 0 Å². The second kappa shape index (κ2) is 5.09. The van der Waals surface area contributed by atoms with Crippen molar-refractivity contribution in [3.63, 3.8) is 0 Å². The highest BCUT2D eigenvalue weighted by Gasteiger charge is 2.11. The summed E-state index contributed by atoms with van der Waals surface area (Å²) in [5.74, 6) is -0.273. The predicted molar refractivity (Wildman–Crippen MR) is 96.9 cm³/mol. The SMILES string of the molecule is BC(=O)CC(=O)Nc1cc2ccc3cccc4ccc(c1)c2c34. The highest BCUT2D eigenvalue weighted by molar-refractivity contribution is 6.59. The molecule has 4 aromatic carbocycles. The van der Waals surface area contributed by atoms with E-state index >= 15 is 0 Å². The minimum absolute atomic E-state index is 0.0922. The van der Waals surface area contributed by atoms with Crippen LogP contribution in [0.1, 0.15) is 6.42 Å². The molecule has 4 heteroatoms. The van der Waals surface area contributed by atoms with E-state index < -0.39 is 0 Å². The molecule has 0 aromatic heterocycles. The molecule has 4 aromatic rings. The number of rotatable bonds is 3. The van der Waals surface area contributed by atoms with Gasteiger partial charge in [0.15, 0.2) is 7.85 Å². The van der Waals surface area contributed by atoms with Crippen molar-refractivity contribution >= 4 is 57.4 Å². The van der Waals surface area contributed by atoms with Gasteiger partial charge in [-0.1, -0.05) is 42.5 Å². The highest BCUT2D eigenvalue weighted by Crippen LogP contribution is 2.36. The smallest absolute Gasteiger partial charge is 0.230 e. The molecule has 0 bridgehead atoms. The van der Waals surface area contributed by atoms with Crippen LogP contribution in [0.3, 0.4) is 0 Å². The van der Waals surface area contributed by atoms with Gasteiger partial charge in [-0.25, -0.2) is 0 Å². The average molecular weight is 299 g/mol. The van der Waals surface area contributed by atoms with Crippen molar-refractivity contribution in [3.8, 4) is 0 Å². The highest BCUT2D eigenvalue weighted by atomic mass is 16.2. The molecule has 0 saturated heterocycles. The zero-order valence-electron chi connectivity index (χ0n) is 12.7. The molecule has 0 aliphatic heterocycles. The van der Waals surface area contributed by atoms with Gasteiger partial charge in [-0.3, -0.25) is 4.79 Å². The van der Waals surface area contributed by atoms with E-state index in [1.54, 1.807) is 0 Å². The zero-order chi connectivity index (χ0) is 16.0. The molecule has 23 heavy (non-hydrogen) atoms. The van der Waals surface area contributed by atoms with Crippen LogP contribution in [0.4, 0.5) is 5.69 Å². The molecule has 110 valence electrons. The number of amides is 1. The molecule has 0 fully saturated rings. The van der Waals surface area contributed by atoms with Crippen molar-refractivity contribution in [2.75, 3.05) is 5.32 Å². The molecule has 0 aliphatic carbocycles. The summed E-state index contributed by atoms with van der Waals surface area (Å²) in [7, 11) is 1.42. The van der Waals surface area contributed by atoms with Crippen LogP contribution >= 0.6 is 0 Å². The summed E-state index contributed by atoms with van der Waals surface area (Å²) in [6.07, 6.45) is -0.0922. The van der Waals surface area contributed by atoms with Gasteiger partial charge in [-0.15, -0.1) is 0 Å². The van der Waals surface area contributed by atoms with E-state index in [2.05, 4.69) is 47.8 Å². The lowest BCUT2D eigenvalue weighted by molar-refractivity contribution is -0.121. The summed E-state index contributed by atoms with van der Waals surface area (Å²) in [6, 6.07) is 18.6. The van der Waals surface area contributed by atoms with E-state index in [1.807, 2.05) is 12.1 Å². The van der Waals surface area contributed by atoms with Gasteiger partial charge in [-0.05, 0) is 44.5 Å². The molecular formula is C19H14BNO2. The maximum Gasteiger partial charge on any atom is 0.230 e. The van der Waals surface area contributed by atoms with Crippen molar-refractivity contribution in [2.45, 2.75) is 6.42 Å². The van der Waals surface area contributed by atoms with E-state index in [0.29, 0.717) is 0 Å². The molecule has 0 heterocycles. The molecule has 0 unspecified atom stereocenters. The van der Waals surface area contributed by atoms with Crippen LogP contribution in [0.5, 0.6) is 0 Å². The molecule has 0 saturated carbocycles. The van der Waals surface area contributed by atoms with Gasteiger partial charge in [0.2, 0.25) is 5.91 Å². The number of carbonyl (C=O) groups is 2. The number of nitrogens with one attached hydrogen (secondary N) is 1. The maximum absolute atomic E-state index is 11.8. The monoisotopic (exact) mass is 299 g/mol. The quantitative estimate of drug-likeness (QED) is 0.359. The fourth-order valence-electron chi connectivity index (χ4n) is 3.26. The van der Waals surface area contributed by atoms with Gasteiger partial charge in [0.05, 0.1) is 12.1 Å². The summed E-state index contributed by atoms with van der Waals surface area (Å²) in [4.78, 5) is 22.9. The fourth-order valence-corrected chi connectivity index (χ4v) is 3.26. The minimum Gasteiger partial charge on any atom is -0.326 e. The van der Waals surface area contributed by atoms with Crippen LogP contribution < -0.4 is 5.32 Å². The van der Waals surface area contributed by atoms with Gasteiger partial charge in [0.25, 0.3) is 0 Å². The van der Waals surface area contributed by atoms with Crippen LogP contribution in [0.2, 0.25) is 0 Å². The van der Waals surface area contributed by atoms with E-state index in [1.165, 1.54) is 29.4 Å². The van der Waals surface area contributed by atoms with E-state index in [4.69, 9.17) is 0 Å². The van der Waals surface area contributed by atoms with Gasteiger partial charge >= 0.3 is 0 Å². The summed E-state index contributed by atoms with van der Waals surface area (Å²) in [5, 5.41) is 9.89. The standard InChI is InChI=1S/C19H14BNO2/c20-16(22)10-17(23)21-15-8-13-6-4-11-2-1-3-12-5-7-14(9-15)19(13)18(11)12/h1-9H,10,20H2,(H,21,23). The summed E-state index contributed by atoms with van der Waals surface area (Å²) >= 11 is 0. The minimum atomic E-state index is -0.273.